The van der Waals surface area contributed by atoms with Crippen LogP contribution in [-0.2, 0) is 9.53 Å². The summed E-state index contributed by atoms with van der Waals surface area (Å²) in [7, 11) is 1.26. The van der Waals surface area contributed by atoms with Crippen LogP contribution in [0.5, 0.6) is 11.5 Å². The molecule has 0 radical (unpaired) electrons. The van der Waals surface area contributed by atoms with Gasteiger partial charge in [-0.1, -0.05) is 6.07 Å². The lowest BCUT2D eigenvalue weighted by molar-refractivity contribution is -0.142. The van der Waals surface area contributed by atoms with Crippen LogP contribution >= 0.6 is 0 Å². The van der Waals surface area contributed by atoms with Crippen LogP contribution in [0.3, 0.4) is 0 Å². The van der Waals surface area contributed by atoms with E-state index in [0.29, 0.717) is 0 Å². The lowest BCUT2D eigenvalue weighted by Crippen LogP contribution is -2.11. The molecule has 0 heterocycles. The maximum absolute atomic E-state index is 11.2. The van der Waals surface area contributed by atoms with Gasteiger partial charge in [0.2, 0.25) is 0 Å². The van der Waals surface area contributed by atoms with Crippen LogP contribution in [0.2, 0.25) is 0 Å². The molecule has 2 N–H and O–H groups in total. The Kier molecular flexibility index (Phi) is 2.96. The molecule has 1 unspecified atom stereocenters. The van der Waals surface area contributed by atoms with Gasteiger partial charge in [-0.15, -0.1) is 0 Å². The van der Waals surface area contributed by atoms with Gasteiger partial charge in [-0.05, 0) is 19.1 Å². The number of methoxy groups -OCH3 is 1. The van der Waals surface area contributed by atoms with Crippen molar-refractivity contribution in [1.29, 1.82) is 0 Å². The highest BCUT2D eigenvalue weighted by Crippen LogP contribution is 2.33. The van der Waals surface area contributed by atoms with E-state index in [1.54, 1.807) is 6.92 Å². The number of phenols is 2. The Morgan fingerprint density at radius 3 is 2.29 bits per heavy atom. The van der Waals surface area contributed by atoms with Crippen molar-refractivity contribution in [1.82, 2.24) is 0 Å². The van der Waals surface area contributed by atoms with E-state index in [1.807, 2.05) is 0 Å². The fourth-order valence-electron chi connectivity index (χ4n) is 1.28. The molecule has 0 saturated heterocycles. The third-order valence-electron chi connectivity index (χ3n) is 2.05. The van der Waals surface area contributed by atoms with Crippen molar-refractivity contribution in [3.8, 4) is 11.5 Å². The van der Waals surface area contributed by atoms with Gasteiger partial charge in [-0.2, -0.15) is 0 Å². The summed E-state index contributed by atoms with van der Waals surface area (Å²) < 4.78 is 4.52. The van der Waals surface area contributed by atoms with Gasteiger partial charge in [0.1, 0.15) is 11.5 Å². The smallest absolute Gasteiger partial charge is 0.313 e. The van der Waals surface area contributed by atoms with E-state index in [4.69, 9.17) is 0 Å². The lowest BCUT2D eigenvalue weighted by Gasteiger charge is -2.12. The molecule has 0 aliphatic heterocycles. The Labute approximate surface area is 81.8 Å². The number of hydrogen-bond acceptors (Lipinski definition) is 4. The molecule has 76 valence electrons. The Hall–Kier alpha value is -1.71. The molecule has 1 rings (SSSR count). The molecule has 1 aromatic rings. The van der Waals surface area contributed by atoms with E-state index < -0.39 is 11.9 Å². The molecule has 0 saturated carbocycles. The molecule has 0 aromatic heterocycles. The summed E-state index contributed by atoms with van der Waals surface area (Å²) in [6, 6.07) is 4.32. The zero-order valence-electron chi connectivity index (χ0n) is 8.02. The summed E-state index contributed by atoms with van der Waals surface area (Å²) in [5.74, 6) is -1.39. The Bertz CT molecular complexity index is 326. The minimum atomic E-state index is -0.679. The molecular formula is C10H12O4. The van der Waals surface area contributed by atoms with Gasteiger partial charge in [0.25, 0.3) is 0 Å². The molecule has 0 aliphatic carbocycles. The van der Waals surface area contributed by atoms with Gasteiger partial charge in [0.05, 0.1) is 13.0 Å². The van der Waals surface area contributed by atoms with E-state index in [2.05, 4.69) is 4.74 Å². The topological polar surface area (TPSA) is 66.8 Å². The van der Waals surface area contributed by atoms with Crippen molar-refractivity contribution in [2.24, 2.45) is 0 Å². The average Bonchev–Trinajstić information content (AvgIpc) is 2.16. The number of rotatable bonds is 2. The molecular weight excluding hydrogens is 184 g/mol. The predicted molar refractivity (Wildman–Crippen MR) is 50.2 cm³/mol. The van der Waals surface area contributed by atoms with Crippen LogP contribution in [0.15, 0.2) is 18.2 Å². The summed E-state index contributed by atoms with van der Waals surface area (Å²) in [5.41, 5.74) is 0.194. The number of benzene rings is 1. The van der Waals surface area contributed by atoms with Crippen LogP contribution < -0.4 is 0 Å². The number of hydrogen-bond donors (Lipinski definition) is 2. The highest BCUT2D eigenvalue weighted by atomic mass is 16.5. The van der Waals surface area contributed by atoms with Crippen molar-refractivity contribution in [3.05, 3.63) is 23.8 Å². The molecule has 1 aromatic carbocycles. The second-order valence-corrected chi connectivity index (χ2v) is 2.95. The fraction of sp³-hybridized carbons (Fsp3) is 0.300. The third-order valence-corrected chi connectivity index (χ3v) is 2.05. The first-order valence-electron chi connectivity index (χ1n) is 4.16. The average molecular weight is 196 g/mol. The molecule has 4 nitrogen and oxygen atoms in total. The minimum Gasteiger partial charge on any atom is -0.508 e. The van der Waals surface area contributed by atoms with Crippen molar-refractivity contribution in [2.45, 2.75) is 12.8 Å². The minimum absolute atomic E-state index is 0.108. The summed E-state index contributed by atoms with van der Waals surface area (Å²) in [6.07, 6.45) is 0. The monoisotopic (exact) mass is 196 g/mol. The number of phenolic OH excluding ortho intramolecular Hbond substituents is 2. The number of carbonyl (C=O) groups excluding carboxylic acids is 1. The van der Waals surface area contributed by atoms with Crippen LogP contribution in [0.1, 0.15) is 18.4 Å². The van der Waals surface area contributed by atoms with Crippen molar-refractivity contribution in [3.63, 3.8) is 0 Å². The first kappa shape index (κ1) is 10.4. The lowest BCUT2D eigenvalue weighted by atomic mass is 9.99. The Morgan fingerprint density at radius 1 is 1.36 bits per heavy atom. The highest BCUT2D eigenvalue weighted by Gasteiger charge is 2.22. The number of aromatic hydroxyl groups is 2. The van der Waals surface area contributed by atoms with Crippen LogP contribution in [0, 0.1) is 0 Å². The van der Waals surface area contributed by atoms with Gasteiger partial charge in [-0.3, -0.25) is 4.79 Å². The zero-order valence-corrected chi connectivity index (χ0v) is 8.02. The number of esters is 1. The summed E-state index contributed by atoms with van der Waals surface area (Å²) in [6.45, 7) is 1.56. The molecule has 14 heavy (non-hydrogen) atoms. The highest BCUT2D eigenvalue weighted by molar-refractivity contribution is 5.79. The van der Waals surface area contributed by atoms with Gasteiger partial charge in [-0.25, -0.2) is 0 Å². The predicted octanol–water partition coefficient (Wildman–Crippen LogP) is 1.37. The first-order chi connectivity index (χ1) is 6.57. The van der Waals surface area contributed by atoms with E-state index >= 15 is 0 Å². The molecule has 0 aliphatic rings. The molecule has 0 amide bonds. The third kappa shape index (κ3) is 1.79. The van der Waals surface area contributed by atoms with Crippen LogP contribution in [0.4, 0.5) is 0 Å². The van der Waals surface area contributed by atoms with Gasteiger partial charge < -0.3 is 14.9 Å². The first-order valence-corrected chi connectivity index (χ1v) is 4.16. The second kappa shape index (κ2) is 4.00. The zero-order chi connectivity index (χ0) is 10.7. The largest absolute Gasteiger partial charge is 0.508 e. The molecule has 0 spiro atoms. The fourth-order valence-corrected chi connectivity index (χ4v) is 1.28. The van der Waals surface area contributed by atoms with Gasteiger partial charge in [0, 0.05) is 5.56 Å². The van der Waals surface area contributed by atoms with Gasteiger partial charge in [0.15, 0.2) is 0 Å². The van der Waals surface area contributed by atoms with Crippen molar-refractivity contribution >= 4 is 5.97 Å². The molecule has 0 bridgehead atoms. The van der Waals surface area contributed by atoms with E-state index in [9.17, 15) is 15.0 Å². The second-order valence-electron chi connectivity index (χ2n) is 2.95. The van der Waals surface area contributed by atoms with E-state index in [0.717, 1.165) is 0 Å². The summed E-state index contributed by atoms with van der Waals surface area (Å²) >= 11 is 0. The molecule has 0 fully saturated rings. The van der Waals surface area contributed by atoms with E-state index in [1.165, 1.54) is 25.3 Å². The molecule has 4 heteroatoms. The van der Waals surface area contributed by atoms with Gasteiger partial charge >= 0.3 is 5.97 Å². The quantitative estimate of drug-likeness (QED) is 0.701. The Morgan fingerprint density at radius 2 is 1.86 bits per heavy atom. The Balaban J connectivity index is 3.11. The van der Waals surface area contributed by atoms with Crippen molar-refractivity contribution in [2.75, 3.05) is 7.11 Å². The normalized spacial score (nSPS) is 12.1. The maximum Gasteiger partial charge on any atom is 0.313 e. The summed E-state index contributed by atoms with van der Waals surface area (Å²) in [4.78, 5) is 11.2. The van der Waals surface area contributed by atoms with Crippen molar-refractivity contribution < 1.29 is 19.7 Å². The number of carbonyl (C=O) groups is 1. The number of ether oxygens (including phenoxy) is 1. The SMILES string of the molecule is COC(=O)C(C)c1c(O)cccc1O. The summed E-state index contributed by atoms with van der Waals surface area (Å²) in [5, 5.41) is 18.9. The van der Waals surface area contributed by atoms with Crippen LogP contribution in [-0.4, -0.2) is 23.3 Å². The standard InChI is InChI=1S/C10H12O4/c1-6(10(13)14-2)9-7(11)4-3-5-8(9)12/h3-6,11-12H,1-2H3. The van der Waals surface area contributed by atoms with E-state index in [-0.39, 0.29) is 17.1 Å². The van der Waals surface area contributed by atoms with Crippen LogP contribution in [0.25, 0.3) is 0 Å². The maximum atomic E-state index is 11.2. The molecule has 1 atom stereocenters.